The molecule has 0 unspecified atom stereocenters. The number of nitrogens with zero attached hydrogens (tertiary/aromatic N) is 2. The molecular formula is C11H15FN4O. The second-order valence-corrected chi connectivity index (χ2v) is 4.24. The summed E-state index contributed by atoms with van der Waals surface area (Å²) < 4.78 is 13.2. The predicted octanol–water partition coefficient (Wildman–Crippen LogP) is 1.31. The van der Waals surface area contributed by atoms with E-state index in [-0.39, 0.29) is 5.82 Å². The Balaban J connectivity index is 2.34. The van der Waals surface area contributed by atoms with Crippen molar-refractivity contribution in [3.63, 3.8) is 0 Å². The van der Waals surface area contributed by atoms with Crippen LogP contribution in [-0.4, -0.2) is 18.1 Å². The minimum atomic E-state index is -0.543. The fourth-order valence-electron chi connectivity index (χ4n) is 1.74. The maximum atomic E-state index is 13.2. The van der Waals surface area contributed by atoms with E-state index in [0.717, 1.165) is 28.4 Å². The molecule has 0 heterocycles. The Morgan fingerprint density at radius 3 is 2.59 bits per heavy atom. The maximum Gasteiger partial charge on any atom is 0.352 e. The number of anilines is 1. The largest absolute Gasteiger partial charge is 0.352 e. The monoisotopic (exact) mass is 238 g/mol. The Hall–Kier alpha value is -1.66. The van der Waals surface area contributed by atoms with Gasteiger partial charge < -0.3 is 0 Å². The molecule has 0 atom stereocenters. The van der Waals surface area contributed by atoms with Crippen molar-refractivity contribution in [2.75, 3.05) is 12.1 Å². The average molecular weight is 238 g/mol. The van der Waals surface area contributed by atoms with Crippen molar-refractivity contribution in [3.05, 3.63) is 29.6 Å². The minimum Gasteiger partial charge on any atom is -0.264 e. The summed E-state index contributed by atoms with van der Waals surface area (Å²) >= 11 is 0. The van der Waals surface area contributed by atoms with Crippen LogP contribution in [0.5, 0.6) is 0 Å². The van der Waals surface area contributed by atoms with E-state index >= 15 is 0 Å². The van der Waals surface area contributed by atoms with E-state index in [1.165, 1.54) is 25.2 Å². The summed E-state index contributed by atoms with van der Waals surface area (Å²) in [5.74, 6) is 11.0. The molecule has 0 radical (unpaired) electrons. The highest BCUT2D eigenvalue weighted by Gasteiger charge is 2.29. The molecule has 1 aromatic carbocycles. The second-order valence-electron chi connectivity index (χ2n) is 4.24. The molecule has 0 saturated heterocycles. The predicted molar refractivity (Wildman–Crippen MR) is 62.4 cm³/mol. The van der Waals surface area contributed by atoms with Crippen LogP contribution in [0.25, 0.3) is 0 Å². The molecule has 1 aliphatic rings. The van der Waals surface area contributed by atoms with Gasteiger partial charge in [-0.3, -0.25) is 5.01 Å². The summed E-state index contributed by atoms with van der Waals surface area (Å²) in [7, 11) is 1.41. The Morgan fingerprint density at radius 2 is 2.06 bits per heavy atom. The number of carbonyl (C=O) groups is 1. The number of hydrogen-bond acceptors (Lipinski definition) is 3. The maximum absolute atomic E-state index is 13.2. The van der Waals surface area contributed by atoms with Crippen LogP contribution in [0, 0.1) is 5.82 Å². The standard InChI is InChI=1S/C11H15FN4O/c1-15(13)11(17)16(14)10-5-4-8(12)6-9(10)7-2-3-7/h4-7H,2-3,13-14H2,1H3. The van der Waals surface area contributed by atoms with E-state index in [1.807, 2.05) is 0 Å². The first-order valence-electron chi connectivity index (χ1n) is 5.37. The third-order valence-corrected chi connectivity index (χ3v) is 2.77. The zero-order valence-electron chi connectivity index (χ0n) is 9.56. The van der Waals surface area contributed by atoms with Gasteiger partial charge in [-0.1, -0.05) is 0 Å². The van der Waals surface area contributed by atoms with Crippen molar-refractivity contribution in [1.29, 1.82) is 0 Å². The molecule has 0 spiro atoms. The molecule has 0 aromatic heterocycles. The van der Waals surface area contributed by atoms with Crippen molar-refractivity contribution < 1.29 is 9.18 Å². The number of amides is 2. The van der Waals surface area contributed by atoms with Gasteiger partial charge in [0.05, 0.1) is 5.69 Å². The fourth-order valence-corrected chi connectivity index (χ4v) is 1.74. The topological polar surface area (TPSA) is 75.6 Å². The van der Waals surface area contributed by atoms with Crippen molar-refractivity contribution in [2.45, 2.75) is 18.8 Å². The van der Waals surface area contributed by atoms with Gasteiger partial charge in [-0.15, -0.1) is 0 Å². The molecule has 1 fully saturated rings. The number of hydrogen-bond donors (Lipinski definition) is 2. The minimum absolute atomic E-state index is 0.294. The van der Waals surface area contributed by atoms with Crippen molar-refractivity contribution in [3.8, 4) is 0 Å². The van der Waals surface area contributed by atoms with Gasteiger partial charge in [-0.05, 0) is 42.5 Å². The Bertz CT molecular complexity index is 445. The van der Waals surface area contributed by atoms with Gasteiger partial charge in [0.15, 0.2) is 0 Å². The summed E-state index contributed by atoms with van der Waals surface area (Å²) in [4.78, 5) is 11.6. The molecule has 1 saturated carbocycles. The summed E-state index contributed by atoms with van der Waals surface area (Å²) in [6, 6.07) is 3.67. The quantitative estimate of drug-likeness (QED) is 0.463. The van der Waals surface area contributed by atoms with Crippen LogP contribution in [0.3, 0.4) is 0 Å². The first-order valence-corrected chi connectivity index (χ1v) is 5.37. The van der Waals surface area contributed by atoms with E-state index in [4.69, 9.17) is 11.7 Å². The third-order valence-electron chi connectivity index (χ3n) is 2.77. The van der Waals surface area contributed by atoms with Crippen LogP contribution < -0.4 is 16.7 Å². The highest BCUT2D eigenvalue weighted by Crippen LogP contribution is 2.44. The van der Waals surface area contributed by atoms with E-state index in [1.54, 1.807) is 0 Å². The molecule has 0 bridgehead atoms. The lowest BCUT2D eigenvalue weighted by molar-refractivity contribution is 0.216. The van der Waals surface area contributed by atoms with Crippen LogP contribution in [-0.2, 0) is 0 Å². The SMILES string of the molecule is CN(N)C(=O)N(N)c1ccc(F)cc1C1CC1. The van der Waals surface area contributed by atoms with E-state index in [2.05, 4.69) is 0 Å². The second kappa shape index (κ2) is 4.31. The number of carbonyl (C=O) groups excluding carboxylic acids is 1. The van der Waals surface area contributed by atoms with Gasteiger partial charge >= 0.3 is 6.03 Å². The number of halogens is 1. The highest BCUT2D eigenvalue weighted by atomic mass is 19.1. The average Bonchev–Trinajstić information content (AvgIpc) is 3.10. The number of nitrogens with two attached hydrogens (primary N) is 2. The van der Waals surface area contributed by atoms with Crippen molar-refractivity contribution in [1.82, 2.24) is 5.01 Å². The first-order chi connectivity index (χ1) is 8.00. The number of urea groups is 1. The Labute approximate surface area is 98.7 Å². The molecular weight excluding hydrogens is 223 g/mol. The number of benzene rings is 1. The molecule has 2 rings (SSSR count). The fraction of sp³-hybridized carbons (Fsp3) is 0.364. The zero-order chi connectivity index (χ0) is 12.6. The lowest BCUT2D eigenvalue weighted by Gasteiger charge is -2.23. The van der Waals surface area contributed by atoms with E-state index in [9.17, 15) is 9.18 Å². The van der Waals surface area contributed by atoms with Crippen LogP contribution in [0.15, 0.2) is 18.2 Å². The highest BCUT2D eigenvalue weighted by molar-refractivity contribution is 5.91. The van der Waals surface area contributed by atoms with Gasteiger partial charge in [0.2, 0.25) is 0 Å². The zero-order valence-corrected chi connectivity index (χ0v) is 9.56. The molecule has 0 aliphatic heterocycles. The van der Waals surface area contributed by atoms with Gasteiger partial charge in [0.25, 0.3) is 0 Å². The molecule has 1 aromatic rings. The van der Waals surface area contributed by atoms with Gasteiger partial charge in [0, 0.05) is 7.05 Å². The molecule has 6 heteroatoms. The third kappa shape index (κ3) is 2.37. The summed E-state index contributed by atoms with van der Waals surface area (Å²) in [6.07, 6.45) is 1.99. The van der Waals surface area contributed by atoms with Gasteiger partial charge in [-0.2, -0.15) is 0 Å². The normalized spacial score (nSPS) is 14.6. The lowest BCUT2D eigenvalue weighted by Crippen LogP contribution is -2.48. The van der Waals surface area contributed by atoms with Crippen LogP contribution in [0.4, 0.5) is 14.9 Å². The molecule has 17 heavy (non-hydrogen) atoms. The number of hydrazine groups is 2. The summed E-state index contributed by atoms with van der Waals surface area (Å²) in [5, 5.41) is 1.84. The first kappa shape index (κ1) is 11.8. The van der Waals surface area contributed by atoms with Crippen LogP contribution in [0.1, 0.15) is 24.3 Å². The molecule has 4 N–H and O–H groups in total. The summed E-state index contributed by atoms with van der Waals surface area (Å²) in [5.41, 5.74) is 1.28. The van der Waals surface area contributed by atoms with Crippen LogP contribution in [0.2, 0.25) is 0 Å². The van der Waals surface area contributed by atoms with Crippen LogP contribution >= 0.6 is 0 Å². The summed E-state index contributed by atoms with van der Waals surface area (Å²) in [6.45, 7) is 0. The Morgan fingerprint density at radius 1 is 1.41 bits per heavy atom. The van der Waals surface area contributed by atoms with Crippen molar-refractivity contribution >= 4 is 11.7 Å². The van der Waals surface area contributed by atoms with Crippen molar-refractivity contribution in [2.24, 2.45) is 11.7 Å². The molecule has 5 nitrogen and oxygen atoms in total. The van der Waals surface area contributed by atoms with E-state index in [0.29, 0.717) is 11.6 Å². The number of rotatable bonds is 2. The smallest absolute Gasteiger partial charge is 0.264 e. The Kier molecular flexibility index (Phi) is 2.99. The van der Waals surface area contributed by atoms with E-state index < -0.39 is 6.03 Å². The molecule has 92 valence electrons. The van der Waals surface area contributed by atoms with Gasteiger partial charge in [-0.25, -0.2) is 25.9 Å². The van der Waals surface area contributed by atoms with Gasteiger partial charge in [0.1, 0.15) is 5.82 Å². The molecule has 1 aliphatic carbocycles. The molecule has 2 amide bonds. The lowest BCUT2D eigenvalue weighted by atomic mass is 10.1.